The van der Waals surface area contributed by atoms with Crippen LogP contribution < -0.4 is 5.32 Å². The molecular weight excluding hydrogens is 292 g/mol. The van der Waals surface area contributed by atoms with Gasteiger partial charge in [0.15, 0.2) is 0 Å². The zero-order valence-corrected chi connectivity index (χ0v) is 13.2. The maximum Gasteiger partial charge on any atom is 0.263 e. The van der Waals surface area contributed by atoms with Crippen LogP contribution in [0.15, 0.2) is 16.8 Å². The molecule has 2 N–H and O–H groups in total. The maximum atomic E-state index is 12.2. The number of hydrogen-bond donors (Lipinski definition) is 2. The number of nitrogens with zero attached hydrogens (tertiary/aromatic N) is 1. The Morgan fingerprint density at radius 2 is 2.35 bits per heavy atom. The van der Waals surface area contributed by atoms with Crippen molar-refractivity contribution in [3.63, 3.8) is 0 Å². The average molecular weight is 310 g/mol. The summed E-state index contributed by atoms with van der Waals surface area (Å²) < 4.78 is 0. The van der Waals surface area contributed by atoms with Crippen molar-refractivity contribution in [2.24, 2.45) is 5.92 Å². The summed E-state index contributed by atoms with van der Waals surface area (Å²) in [5, 5.41) is 16.7. The quantitative estimate of drug-likeness (QED) is 0.862. The van der Waals surface area contributed by atoms with E-state index in [1.165, 1.54) is 11.3 Å². The van der Waals surface area contributed by atoms with Gasteiger partial charge in [-0.3, -0.25) is 4.79 Å². The Morgan fingerprint density at radius 3 is 3.00 bits per heavy atom. The van der Waals surface area contributed by atoms with Crippen LogP contribution in [-0.2, 0) is 0 Å². The van der Waals surface area contributed by atoms with Gasteiger partial charge in [-0.05, 0) is 30.7 Å². The lowest BCUT2D eigenvalue weighted by atomic mass is 10.1. The van der Waals surface area contributed by atoms with E-state index < -0.39 is 0 Å². The highest BCUT2D eigenvalue weighted by Crippen LogP contribution is 2.29. The molecule has 0 aliphatic rings. The summed E-state index contributed by atoms with van der Waals surface area (Å²) in [7, 11) is 0. The topological polar surface area (TPSA) is 62.2 Å². The lowest BCUT2D eigenvalue weighted by molar-refractivity contribution is 0.0948. The second-order valence-corrected chi connectivity index (χ2v) is 6.55. The van der Waals surface area contributed by atoms with Crippen molar-refractivity contribution in [3.05, 3.63) is 27.4 Å². The van der Waals surface area contributed by atoms with Crippen LogP contribution in [0.1, 0.15) is 28.7 Å². The summed E-state index contributed by atoms with van der Waals surface area (Å²) in [5.74, 6) is 0.194. The Bertz CT molecular complexity index is 564. The standard InChI is InChI=1S/C14H18N2O2S2/c1-9(3-5-17)7-15-13(18)12-10(2)16-14(20-12)11-4-6-19-8-11/h4,6,8-9,17H,3,5,7H2,1-2H3,(H,15,18). The minimum absolute atomic E-state index is 0.0775. The third kappa shape index (κ3) is 3.65. The van der Waals surface area contributed by atoms with Crippen molar-refractivity contribution in [1.29, 1.82) is 0 Å². The number of carbonyl (C=O) groups is 1. The highest BCUT2D eigenvalue weighted by molar-refractivity contribution is 7.17. The van der Waals surface area contributed by atoms with E-state index in [1.807, 2.05) is 30.7 Å². The molecule has 20 heavy (non-hydrogen) atoms. The van der Waals surface area contributed by atoms with Crippen LogP contribution >= 0.6 is 22.7 Å². The van der Waals surface area contributed by atoms with E-state index in [2.05, 4.69) is 10.3 Å². The van der Waals surface area contributed by atoms with Gasteiger partial charge < -0.3 is 10.4 Å². The van der Waals surface area contributed by atoms with Crippen LogP contribution in [0.2, 0.25) is 0 Å². The van der Waals surface area contributed by atoms with Crippen LogP contribution in [0.25, 0.3) is 10.6 Å². The van der Waals surface area contributed by atoms with E-state index in [9.17, 15) is 4.79 Å². The fourth-order valence-electron chi connectivity index (χ4n) is 1.79. The highest BCUT2D eigenvalue weighted by Gasteiger charge is 2.16. The SMILES string of the molecule is Cc1nc(-c2ccsc2)sc1C(=O)NCC(C)CCO. The first-order valence-corrected chi connectivity index (χ1v) is 8.26. The van der Waals surface area contributed by atoms with Crippen LogP contribution in [0.5, 0.6) is 0 Å². The molecule has 2 aromatic rings. The molecule has 0 aromatic carbocycles. The lowest BCUT2D eigenvalue weighted by Gasteiger charge is -2.10. The maximum absolute atomic E-state index is 12.2. The van der Waals surface area contributed by atoms with Crippen LogP contribution in [-0.4, -0.2) is 29.1 Å². The second kappa shape index (κ2) is 6.97. The molecule has 1 atom stereocenters. The Kier molecular flexibility index (Phi) is 5.28. The molecule has 0 radical (unpaired) electrons. The average Bonchev–Trinajstić information content (AvgIpc) is 3.05. The third-order valence-electron chi connectivity index (χ3n) is 3.00. The number of rotatable bonds is 6. The van der Waals surface area contributed by atoms with E-state index in [4.69, 9.17) is 5.11 Å². The molecule has 2 rings (SSSR count). The van der Waals surface area contributed by atoms with E-state index in [1.54, 1.807) is 11.3 Å². The summed E-state index contributed by atoms with van der Waals surface area (Å²) in [5.41, 5.74) is 1.83. The highest BCUT2D eigenvalue weighted by atomic mass is 32.1. The largest absolute Gasteiger partial charge is 0.396 e. The predicted octanol–water partition coefficient (Wildman–Crippen LogP) is 2.93. The first-order valence-electron chi connectivity index (χ1n) is 6.51. The monoisotopic (exact) mass is 310 g/mol. The molecule has 6 heteroatoms. The Balaban J connectivity index is 2.03. The molecule has 2 aromatic heterocycles. The van der Waals surface area contributed by atoms with Gasteiger partial charge in [0.1, 0.15) is 9.88 Å². The number of carbonyl (C=O) groups excluding carboxylic acids is 1. The molecule has 0 aliphatic carbocycles. The first-order chi connectivity index (χ1) is 9.61. The van der Waals surface area contributed by atoms with Crippen molar-refractivity contribution in [1.82, 2.24) is 10.3 Å². The lowest BCUT2D eigenvalue weighted by Crippen LogP contribution is -2.28. The van der Waals surface area contributed by atoms with Gasteiger partial charge >= 0.3 is 0 Å². The summed E-state index contributed by atoms with van der Waals surface area (Å²) in [6, 6.07) is 2.01. The van der Waals surface area contributed by atoms with Gasteiger partial charge in [0.05, 0.1) is 5.69 Å². The molecule has 0 spiro atoms. The van der Waals surface area contributed by atoms with E-state index >= 15 is 0 Å². The molecule has 4 nitrogen and oxygen atoms in total. The van der Waals surface area contributed by atoms with Crippen molar-refractivity contribution >= 4 is 28.6 Å². The van der Waals surface area contributed by atoms with Crippen LogP contribution in [0, 0.1) is 12.8 Å². The van der Waals surface area contributed by atoms with Crippen molar-refractivity contribution in [2.75, 3.05) is 13.2 Å². The zero-order valence-electron chi connectivity index (χ0n) is 11.5. The van der Waals surface area contributed by atoms with Gasteiger partial charge in [0.25, 0.3) is 5.91 Å². The van der Waals surface area contributed by atoms with Crippen LogP contribution in [0.3, 0.4) is 0 Å². The molecule has 0 fully saturated rings. The van der Waals surface area contributed by atoms with E-state index in [0.717, 1.165) is 16.3 Å². The van der Waals surface area contributed by atoms with Gasteiger partial charge in [-0.1, -0.05) is 6.92 Å². The molecule has 1 unspecified atom stereocenters. The predicted molar refractivity (Wildman–Crippen MR) is 83.4 cm³/mol. The molecule has 1 amide bonds. The van der Waals surface area contributed by atoms with Crippen molar-refractivity contribution in [3.8, 4) is 10.6 Å². The number of aliphatic hydroxyl groups excluding tert-OH is 1. The van der Waals surface area contributed by atoms with Gasteiger partial charge in [-0.15, -0.1) is 11.3 Å². The number of aromatic nitrogens is 1. The summed E-state index contributed by atoms with van der Waals surface area (Å²) >= 11 is 3.04. The number of aliphatic hydroxyl groups is 1. The third-order valence-corrected chi connectivity index (χ3v) is 4.89. The number of thiophene rings is 1. The molecule has 0 saturated heterocycles. The summed E-state index contributed by atoms with van der Waals surface area (Å²) in [6.07, 6.45) is 0.697. The number of amides is 1. The first kappa shape index (κ1) is 15.2. The molecule has 0 aliphatic heterocycles. The second-order valence-electron chi connectivity index (χ2n) is 4.77. The van der Waals surface area contributed by atoms with Crippen LogP contribution in [0.4, 0.5) is 0 Å². The zero-order chi connectivity index (χ0) is 14.5. The Hall–Kier alpha value is -1.24. The number of thiazole rings is 1. The number of nitrogens with one attached hydrogen (secondary N) is 1. The number of hydrogen-bond acceptors (Lipinski definition) is 5. The minimum atomic E-state index is -0.0775. The molecule has 2 heterocycles. The molecule has 0 saturated carbocycles. The van der Waals surface area contributed by atoms with Crippen molar-refractivity contribution < 1.29 is 9.90 Å². The Labute approximate surface area is 126 Å². The normalized spacial score (nSPS) is 12.3. The summed E-state index contributed by atoms with van der Waals surface area (Å²) in [6.45, 7) is 4.59. The molecular formula is C14H18N2O2S2. The van der Waals surface area contributed by atoms with E-state index in [0.29, 0.717) is 17.8 Å². The summed E-state index contributed by atoms with van der Waals surface area (Å²) in [4.78, 5) is 17.3. The van der Waals surface area contributed by atoms with Gasteiger partial charge in [0, 0.05) is 24.1 Å². The van der Waals surface area contributed by atoms with Gasteiger partial charge in [-0.2, -0.15) is 11.3 Å². The minimum Gasteiger partial charge on any atom is -0.396 e. The smallest absolute Gasteiger partial charge is 0.263 e. The fourth-order valence-corrected chi connectivity index (χ4v) is 3.48. The van der Waals surface area contributed by atoms with E-state index in [-0.39, 0.29) is 18.4 Å². The molecule has 0 bridgehead atoms. The number of aryl methyl sites for hydroxylation is 1. The fraction of sp³-hybridized carbons (Fsp3) is 0.429. The molecule has 108 valence electrons. The van der Waals surface area contributed by atoms with Crippen molar-refractivity contribution in [2.45, 2.75) is 20.3 Å². The van der Waals surface area contributed by atoms with Gasteiger partial charge in [0.2, 0.25) is 0 Å². The van der Waals surface area contributed by atoms with Gasteiger partial charge in [-0.25, -0.2) is 4.98 Å². The Morgan fingerprint density at radius 1 is 1.55 bits per heavy atom.